The molecule has 0 bridgehead atoms. The van der Waals surface area contributed by atoms with E-state index in [9.17, 15) is 0 Å². The van der Waals surface area contributed by atoms with Crippen LogP contribution in [0.25, 0.3) is 0 Å². The molecule has 1 aromatic carbocycles. The Bertz CT molecular complexity index is 251. The van der Waals surface area contributed by atoms with Gasteiger partial charge in [-0.1, -0.05) is 51.1 Å². The van der Waals surface area contributed by atoms with Gasteiger partial charge in [-0.05, 0) is 17.4 Å². The summed E-state index contributed by atoms with van der Waals surface area (Å²) in [6, 6.07) is 10.3. The van der Waals surface area contributed by atoms with Gasteiger partial charge in [0.2, 0.25) is 0 Å². The molecule has 0 amide bonds. The Labute approximate surface area is 87.1 Å². The fourth-order valence-electron chi connectivity index (χ4n) is 1.12. The van der Waals surface area contributed by atoms with E-state index in [-0.39, 0.29) is 0 Å². The van der Waals surface area contributed by atoms with E-state index in [1.54, 1.807) is 0 Å². The van der Waals surface area contributed by atoms with Crippen LogP contribution < -0.4 is 0 Å². The zero-order valence-electron chi connectivity index (χ0n) is 9.42. The van der Waals surface area contributed by atoms with Crippen LogP contribution in [0.5, 0.6) is 0 Å². The highest BCUT2D eigenvalue weighted by atomic mass is 16.5. The van der Waals surface area contributed by atoms with Gasteiger partial charge in [0, 0.05) is 0 Å². The van der Waals surface area contributed by atoms with E-state index in [1.165, 1.54) is 5.56 Å². The van der Waals surface area contributed by atoms with Gasteiger partial charge in [0.1, 0.15) is 0 Å². The minimum atomic E-state index is 0.300. The lowest BCUT2D eigenvalue weighted by Gasteiger charge is -2.22. The second-order valence-corrected chi connectivity index (χ2v) is 4.50. The smallest absolute Gasteiger partial charge is 0.0717 e. The maximum atomic E-state index is 5.68. The van der Waals surface area contributed by atoms with Crippen LogP contribution in [0.1, 0.15) is 32.8 Å². The standard InChI is InChI=1S/C13H20O/c1-4-13(2,3)11-14-10-12-8-6-5-7-9-12/h5-9H,4,10-11H2,1-3H3. The zero-order chi connectivity index (χ0) is 10.4. The third kappa shape index (κ3) is 3.93. The fourth-order valence-corrected chi connectivity index (χ4v) is 1.12. The van der Waals surface area contributed by atoms with E-state index < -0.39 is 0 Å². The monoisotopic (exact) mass is 192 g/mol. The van der Waals surface area contributed by atoms with E-state index in [2.05, 4.69) is 32.9 Å². The highest BCUT2D eigenvalue weighted by Gasteiger charge is 2.14. The molecule has 0 aromatic heterocycles. The normalized spacial score (nSPS) is 11.6. The SMILES string of the molecule is CCC(C)(C)COCc1ccccc1. The van der Waals surface area contributed by atoms with Crippen molar-refractivity contribution in [2.45, 2.75) is 33.8 Å². The summed E-state index contributed by atoms with van der Waals surface area (Å²) in [6.07, 6.45) is 1.15. The molecule has 0 fully saturated rings. The molecular weight excluding hydrogens is 172 g/mol. The van der Waals surface area contributed by atoms with Crippen molar-refractivity contribution in [1.82, 2.24) is 0 Å². The van der Waals surface area contributed by atoms with Gasteiger partial charge in [-0.25, -0.2) is 0 Å². The summed E-state index contributed by atoms with van der Waals surface area (Å²) in [6.45, 7) is 8.23. The van der Waals surface area contributed by atoms with Crippen LogP contribution >= 0.6 is 0 Å². The molecule has 0 aliphatic carbocycles. The molecule has 0 saturated heterocycles. The molecule has 1 aromatic rings. The van der Waals surface area contributed by atoms with Gasteiger partial charge in [-0.3, -0.25) is 0 Å². The number of ether oxygens (including phenoxy) is 1. The lowest BCUT2D eigenvalue weighted by molar-refractivity contribution is 0.0495. The molecule has 1 rings (SSSR count). The molecule has 0 saturated carbocycles. The van der Waals surface area contributed by atoms with Gasteiger partial charge >= 0.3 is 0 Å². The fraction of sp³-hybridized carbons (Fsp3) is 0.538. The summed E-state index contributed by atoms with van der Waals surface area (Å²) in [4.78, 5) is 0. The Morgan fingerprint density at radius 3 is 2.36 bits per heavy atom. The van der Waals surface area contributed by atoms with Gasteiger partial charge in [-0.2, -0.15) is 0 Å². The van der Waals surface area contributed by atoms with Crippen molar-refractivity contribution in [1.29, 1.82) is 0 Å². The summed E-state index contributed by atoms with van der Waals surface area (Å²) >= 11 is 0. The molecule has 0 aliphatic heterocycles. The number of hydrogen-bond acceptors (Lipinski definition) is 1. The van der Waals surface area contributed by atoms with Crippen molar-refractivity contribution in [3.8, 4) is 0 Å². The first-order valence-electron chi connectivity index (χ1n) is 5.26. The van der Waals surface area contributed by atoms with Crippen LogP contribution in [0.3, 0.4) is 0 Å². The molecule has 0 N–H and O–H groups in total. The van der Waals surface area contributed by atoms with Crippen molar-refractivity contribution in [3.63, 3.8) is 0 Å². The first-order chi connectivity index (χ1) is 6.64. The van der Waals surface area contributed by atoms with Crippen molar-refractivity contribution < 1.29 is 4.74 Å². The maximum absolute atomic E-state index is 5.68. The van der Waals surface area contributed by atoms with Crippen LogP contribution in [0, 0.1) is 5.41 Å². The first kappa shape index (κ1) is 11.3. The predicted molar refractivity (Wildman–Crippen MR) is 60.2 cm³/mol. The van der Waals surface area contributed by atoms with Crippen LogP contribution in [0.2, 0.25) is 0 Å². The molecule has 1 nitrogen and oxygen atoms in total. The molecule has 0 heterocycles. The topological polar surface area (TPSA) is 9.23 Å². The van der Waals surface area contributed by atoms with Gasteiger partial charge in [0.25, 0.3) is 0 Å². The number of hydrogen-bond donors (Lipinski definition) is 0. The van der Waals surface area contributed by atoms with Crippen LogP contribution in [-0.4, -0.2) is 6.61 Å². The van der Waals surface area contributed by atoms with Gasteiger partial charge in [0.15, 0.2) is 0 Å². The van der Waals surface area contributed by atoms with E-state index in [0.29, 0.717) is 5.41 Å². The highest BCUT2D eigenvalue weighted by molar-refractivity contribution is 5.13. The van der Waals surface area contributed by atoms with Gasteiger partial charge in [0.05, 0.1) is 13.2 Å². The summed E-state index contributed by atoms with van der Waals surface area (Å²) in [7, 11) is 0. The summed E-state index contributed by atoms with van der Waals surface area (Å²) in [5, 5.41) is 0. The second-order valence-electron chi connectivity index (χ2n) is 4.50. The quantitative estimate of drug-likeness (QED) is 0.692. The van der Waals surface area contributed by atoms with Crippen molar-refractivity contribution in [3.05, 3.63) is 35.9 Å². The summed E-state index contributed by atoms with van der Waals surface area (Å²) < 4.78 is 5.68. The van der Waals surface area contributed by atoms with Gasteiger partial charge in [-0.15, -0.1) is 0 Å². The molecule has 0 unspecified atom stereocenters. The average molecular weight is 192 g/mol. The number of benzene rings is 1. The molecule has 0 aliphatic rings. The number of rotatable bonds is 5. The van der Waals surface area contributed by atoms with E-state index in [0.717, 1.165) is 19.6 Å². The molecule has 0 atom stereocenters. The lowest BCUT2D eigenvalue weighted by Crippen LogP contribution is -2.17. The Hall–Kier alpha value is -0.820. The molecule has 14 heavy (non-hydrogen) atoms. The third-order valence-electron chi connectivity index (χ3n) is 2.56. The van der Waals surface area contributed by atoms with Crippen LogP contribution in [0.4, 0.5) is 0 Å². The Morgan fingerprint density at radius 2 is 1.79 bits per heavy atom. The van der Waals surface area contributed by atoms with E-state index >= 15 is 0 Å². The third-order valence-corrected chi connectivity index (χ3v) is 2.56. The molecule has 0 radical (unpaired) electrons. The first-order valence-corrected chi connectivity index (χ1v) is 5.26. The Morgan fingerprint density at radius 1 is 1.14 bits per heavy atom. The lowest BCUT2D eigenvalue weighted by atomic mass is 9.92. The minimum absolute atomic E-state index is 0.300. The van der Waals surface area contributed by atoms with Crippen LogP contribution in [-0.2, 0) is 11.3 Å². The van der Waals surface area contributed by atoms with Crippen molar-refractivity contribution in [2.24, 2.45) is 5.41 Å². The Balaban J connectivity index is 2.29. The summed E-state index contributed by atoms with van der Waals surface area (Å²) in [5.74, 6) is 0. The molecule has 1 heteroatoms. The average Bonchev–Trinajstić information content (AvgIpc) is 2.19. The van der Waals surface area contributed by atoms with Crippen molar-refractivity contribution in [2.75, 3.05) is 6.61 Å². The predicted octanol–water partition coefficient (Wildman–Crippen LogP) is 3.64. The van der Waals surface area contributed by atoms with Crippen LogP contribution in [0.15, 0.2) is 30.3 Å². The molecular formula is C13H20O. The van der Waals surface area contributed by atoms with Crippen molar-refractivity contribution >= 4 is 0 Å². The second kappa shape index (κ2) is 5.16. The Kier molecular flexibility index (Phi) is 4.15. The van der Waals surface area contributed by atoms with E-state index in [1.807, 2.05) is 18.2 Å². The maximum Gasteiger partial charge on any atom is 0.0717 e. The molecule has 0 spiro atoms. The summed E-state index contributed by atoms with van der Waals surface area (Å²) in [5.41, 5.74) is 1.55. The largest absolute Gasteiger partial charge is 0.376 e. The highest BCUT2D eigenvalue weighted by Crippen LogP contribution is 2.20. The van der Waals surface area contributed by atoms with E-state index in [4.69, 9.17) is 4.74 Å². The molecule has 78 valence electrons. The zero-order valence-corrected chi connectivity index (χ0v) is 9.42. The van der Waals surface area contributed by atoms with Gasteiger partial charge < -0.3 is 4.74 Å². The minimum Gasteiger partial charge on any atom is -0.376 e.